The standard InChI is InChI=1S/C16H20F2N2O/c17-14-6-3-5-11(15(14)18)12-8-13(12)16(21)20-7-2-1-4-10(20)9-19/h3,5-6,10,12-13H,1-2,4,7-9,19H2/t10-,12+,13-/m0/s1. The summed E-state index contributed by atoms with van der Waals surface area (Å²) in [4.78, 5) is 14.4. The number of likely N-dealkylation sites (tertiary alicyclic amines) is 1. The predicted octanol–water partition coefficient (Wildman–Crippen LogP) is 2.41. The summed E-state index contributed by atoms with van der Waals surface area (Å²) in [5.41, 5.74) is 6.07. The Balaban J connectivity index is 1.72. The Bertz CT molecular complexity index is 549. The van der Waals surface area contributed by atoms with Gasteiger partial charge in [0.1, 0.15) is 0 Å². The molecule has 2 N–H and O–H groups in total. The molecule has 0 spiro atoms. The van der Waals surface area contributed by atoms with E-state index < -0.39 is 11.6 Å². The molecule has 3 atom stereocenters. The van der Waals surface area contributed by atoms with Crippen molar-refractivity contribution in [2.75, 3.05) is 13.1 Å². The lowest BCUT2D eigenvalue weighted by molar-refractivity contribution is -0.136. The van der Waals surface area contributed by atoms with Gasteiger partial charge in [0, 0.05) is 25.0 Å². The number of hydrogen-bond donors (Lipinski definition) is 1. The van der Waals surface area contributed by atoms with Crippen LogP contribution in [0.1, 0.15) is 37.2 Å². The maximum absolute atomic E-state index is 13.8. The van der Waals surface area contributed by atoms with Crippen LogP contribution in [-0.4, -0.2) is 29.9 Å². The van der Waals surface area contributed by atoms with E-state index in [1.54, 1.807) is 6.07 Å². The van der Waals surface area contributed by atoms with Crippen LogP contribution in [0, 0.1) is 17.6 Å². The maximum Gasteiger partial charge on any atom is 0.226 e. The van der Waals surface area contributed by atoms with E-state index in [0.29, 0.717) is 18.5 Å². The molecule has 1 amide bonds. The number of carbonyl (C=O) groups excluding carboxylic acids is 1. The normalized spacial score (nSPS) is 28.5. The van der Waals surface area contributed by atoms with E-state index in [9.17, 15) is 13.6 Å². The zero-order valence-corrected chi connectivity index (χ0v) is 11.9. The quantitative estimate of drug-likeness (QED) is 0.930. The van der Waals surface area contributed by atoms with Crippen molar-refractivity contribution in [3.63, 3.8) is 0 Å². The molecule has 21 heavy (non-hydrogen) atoms. The number of hydrogen-bond acceptors (Lipinski definition) is 2. The van der Waals surface area contributed by atoms with Crippen molar-refractivity contribution in [3.8, 4) is 0 Å². The molecule has 5 heteroatoms. The highest BCUT2D eigenvalue weighted by Crippen LogP contribution is 2.49. The molecule has 1 saturated heterocycles. The summed E-state index contributed by atoms with van der Waals surface area (Å²) in [6.07, 6.45) is 3.63. The molecule has 3 nitrogen and oxygen atoms in total. The zero-order chi connectivity index (χ0) is 15.0. The minimum absolute atomic E-state index is 0.0545. The van der Waals surface area contributed by atoms with Crippen molar-refractivity contribution < 1.29 is 13.6 Å². The van der Waals surface area contributed by atoms with Gasteiger partial charge in [-0.1, -0.05) is 12.1 Å². The molecule has 0 unspecified atom stereocenters. The third-order valence-electron chi connectivity index (χ3n) is 4.67. The van der Waals surface area contributed by atoms with Gasteiger partial charge in [-0.15, -0.1) is 0 Å². The van der Waals surface area contributed by atoms with Gasteiger partial charge in [0.15, 0.2) is 11.6 Å². The first-order valence-electron chi connectivity index (χ1n) is 7.58. The van der Waals surface area contributed by atoms with Crippen LogP contribution >= 0.6 is 0 Å². The van der Waals surface area contributed by atoms with Gasteiger partial charge in [0.25, 0.3) is 0 Å². The number of nitrogens with zero attached hydrogens (tertiary/aromatic N) is 1. The number of amides is 1. The fourth-order valence-corrected chi connectivity index (χ4v) is 3.37. The minimum atomic E-state index is -0.844. The number of benzene rings is 1. The third kappa shape index (κ3) is 2.67. The summed E-state index contributed by atoms with van der Waals surface area (Å²) >= 11 is 0. The fraction of sp³-hybridized carbons (Fsp3) is 0.562. The van der Waals surface area contributed by atoms with E-state index in [4.69, 9.17) is 5.73 Å². The summed E-state index contributed by atoms with van der Waals surface area (Å²) in [5.74, 6) is -2.00. The van der Waals surface area contributed by atoms with Gasteiger partial charge in [-0.25, -0.2) is 8.78 Å². The molecule has 0 radical (unpaired) electrons. The average Bonchev–Trinajstić information content (AvgIpc) is 3.29. The SMILES string of the molecule is NC[C@@H]1CCCCN1C(=O)[C@H]1C[C@@H]1c1cccc(F)c1F. The molecule has 2 aliphatic rings. The van der Waals surface area contributed by atoms with Crippen LogP contribution in [0.25, 0.3) is 0 Å². The number of piperidine rings is 1. The van der Waals surface area contributed by atoms with Crippen molar-refractivity contribution in [3.05, 3.63) is 35.4 Å². The van der Waals surface area contributed by atoms with Crippen LogP contribution in [-0.2, 0) is 4.79 Å². The van der Waals surface area contributed by atoms with Gasteiger partial charge in [0.05, 0.1) is 0 Å². The molecule has 3 rings (SSSR count). The number of rotatable bonds is 3. The third-order valence-corrected chi connectivity index (χ3v) is 4.67. The fourth-order valence-electron chi connectivity index (χ4n) is 3.37. The first kappa shape index (κ1) is 14.4. The van der Waals surface area contributed by atoms with Crippen molar-refractivity contribution in [2.45, 2.75) is 37.6 Å². The number of nitrogens with two attached hydrogens (primary N) is 1. The molecule has 1 saturated carbocycles. The second kappa shape index (κ2) is 5.72. The highest BCUT2D eigenvalue weighted by Gasteiger charge is 2.48. The molecule has 1 aliphatic carbocycles. The highest BCUT2D eigenvalue weighted by molar-refractivity contribution is 5.83. The monoisotopic (exact) mass is 294 g/mol. The largest absolute Gasteiger partial charge is 0.338 e. The van der Waals surface area contributed by atoms with Crippen LogP contribution in [0.15, 0.2) is 18.2 Å². The van der Waals surface area contributed by atoms with Crippen molar-refractivity contribution >= 4 is 5.91 Å². The lowest BCUT2D eigenvalue weighted by Crippen LogP contribution is -2.48. The Kier molecular flexibility index (Phi) is 3.93. The molecule has 1 aliphatic heterocycles. The summed E-state index contributed by atoms with van der Waals surface area (Å²) in [5, 5.41) is 0. The van der Waals surface area contributed by atoms with E-state index in [1.165, 1.54) is 6.07 Å². The lowest BCUT2D eigenvalue weighted by Gasteiger charge is -2.35. The molecule has 1 heterocycles. The molecule has 0 bridgehead atoms. The lowest BCUT2D eigenvalue weighted by atomic mass is 10.0. The Morgan fingerprint density at radius 2 is 2.14 bits per heavy atom. The van der Waals surface area contributed by atoms with E-state index in [0.717, 1.165) is 31.9 Å². The number of halogens is 2. The van der Waals surface area contributed by atoms with Crippen molar-refractivity contribution in [1.29, 1.82) is 0 Å². The highest BCUT2D eigenvalue weighted by atomic mass is 19.2. The molecular weight excluding hydrogens is 274 g/mol. The van der Waals surface area contributed by atoms with Crippen LogP contribution < -0.4 is 5.73 Å². The molecule has 114 valence electrons. The van der Waals surface area contributed by atoms with Gasteiger partial charge < -0.3 is 10.6 Å². The van der Waals surface area contributed by atoms with Gasteiger partial charge >= 0.3 is 0 Å². The van der Waals surface area contributed by atoms with Crippen molar-refractivity contribution in [2.24, 2.45) is 11.7 Å². The van der Waals surface area contributed by atoms with Crippen LogP contribution in [0.2, 0.25) is 0 Å². The predicted molar refractivity (Wildman–Crippen MR) is 75.6 cm³/mol. The van der Waals surface area contributed by atoms with Crippen LogP contribution in [0.3, 0.4) is 0 Å². The van der Waals surface area contributed by atoms with E-state index in [-0.39, 0.29) is 23.8 Å². The van der Waals surface area contributed by atoms with E-state index >= 15 is 0 Å². The molecule has 2 fully saturated rings. The van der Waals surface area contributed by atoms with E-state index in [2.05, 4.69) is 0 Å². The second-order valence-electron chi connectivity index (χ2n) is 6.01. The minimum Gasteiger partial charge on any atom is -0.338 e. The second-order valence-corrected chi connectivity index (χ2v) is 6.01. The Hall–Kier alpha value is -1.49. The van der Waals surface area contributed by atoms with Gasteiger partial charge in [-0.2, -0.15) is 0 Å². The number of carbonyl (C=O) groups is 1. The summed E-state index contributed by atoms with van der Waals surface area (Å²) in [6.45, 7) is 1.20. The average molecular weight is 294 g/mol. The zero-order valence-electron chi connectivity index (χ0n) is 11.9. The van der Waals surface area contributed by atoms with E-state index in [1.807, 2.05) is 4.90 Å². The first-order valence-corrected chi connectivity index (χ1v) is 7.58. The first-order chi connectivity index (χ1) is 10.1. The maximum atomic E-state index is 13.8. The smallest absolute Gasteiger partial charge is 0.226 e. The molecule has 0 aromatic heterocycles. The van der Waals surface area contributed by atoms with Gasteiger partial charge in [-0.05, 0) is 43.2 Å². The molecule has 1 aromatic rings. The Labute approximate surface area is 123 Å². The van der Waals surface area contributed by atoms with Gasteiger partial charge in [-0.3, -0.25) is 4.79 Å². The molecule has 1 aromatic carbocycles. The summed E-state index contributed by atoms with van der Waals surface area (Å²) < 4.78 is 27.1. The van der Waals surface area contributed by atoms with Gasteiger partial charge in [0.2, 0.25) is 5.91 Å². The topological polar surface area (TPSA) is 46.3 Å². The van der Waals surface area contributed by atoms with Crippen LogP contribution in [0.5, 0.6) is 0 Å². The Morgan fingerprint density at radius 1 is 1.33 bits per heavy atom. The van der Waals surface area contributed by atoms with Crippen LogP contribution in [0.4, 0.5) is 8.78 Å². The molecular formula is C16H20F2N2O. The van der Waals surface area contributed by atoms with Crippen molar-refractivity contribution in [1.82, 2.24) is 4.90 Å². The summed E-state index contributed by atoms with van der Waals surface area (Å²) in [6, 6.07) is 4.28. The summed E-state index contributed by atoms with van der Waals surface area (Å²) in [7, 11) is 0. The Morgan fingerprint density at radius 3 is 2.90 bits per heavy atom.